The van der Waals surface area contributed by atoms with Gasteiger partial charge < -0.3 is 9.80 Å². The fourth-order valence-electron chi connectivity index (χ4n) is 3.41. The van der Waals surface area contributed by atoms with Gasteiger partial charge in [-0.1, -0.05) is 0 Å². The quantitative estimate of drug-likeness (QED) is 0.498. The standard InChI is InChI=1S/C20H16FN5OS2/c21-14-3-1-13(2-4-14)18-24-16(11-29-18)20(27)26-8-6-25(7-9-26)17-15-5-10-28-19(15)23-12-22-17/h1-5,10-12H,6-9H2. The molecule has 0 aliphatic carbocycles. The molecule has 1 amide bonds. The molecule has 4 heterocycles. The minimum Gasteiger partial charge on any atom is -0.352 e. The Balaban J connectivity index is 1.28. The van der Waals surface area contributed by atoms with Crippen molar-refractivity contribution < 1.29 is 9.18 Å². The number of aromatic nitrogens is 3. The molecule has 29 heavy (non-hydrogen) atoms. The van der Waals surface area contributed by atoms with Gasteiger partial charge in [0.05, 0.1) is 5.39 Å². The first-order valence-corrected chi connectivity index (χ1v) is 10.9. The maximum absolute atomic E-state index is 13.1. The molecular formula is C20H16FN5OS2. The van der Waals surface area contributed by atoms with Gasteiger partial charge in [0.15, 0.2) is 0 Å². The molecule has 1 aliphatic heterocycles. The van der Waals surface area contributed by atoms with Crippen molar-refractivity contribution >= 4 is 44.6 Å². The molecule has 4 aromatic rings. The van der Waals surface area contributed by atoms with E-state index in [0.29, 0.717) is 36.9 Å². The minimum absolute atomic E-state index is 0.0716. The average molecular weight is 426 g/mol. The maximum atomic E-state index is 13.1. The van der Waals surface area contributed by atoms with Gasteiger partial charge in [-0.2, -0.15) is 0 Å². The number of halogens is 1. The minimum atomic E-state index is -0.289. The van der Waals surface area contributed by atoms with Crippen LogP contribution in [0.1, 0.15) is 10.5 Å². The number of fused-ring (bicyclic) bond motifs is 1. The number of hydrogen-bond acceptors (Lipinski definition) is 7. The number of amides is 1. The highest BCUT2D eigenvalue weighted by atomic mass is 32.1. The third-order valence-electron chi connectivity index (χ3n) is 4.92. The van der Waals surface area contributed by atoms with Crippen molar-refractivity contribution in [3.63, 3.8) is 0 Å². The van der Waals surface area contributed by atoms with Crippen molar-refractivity contribution in [2.24, 2.45) is 0 Å². The van der Waals surface area contributed by atoms with Gasteiger partial charge in [-0.15, -0.1) is 22.7 Å². The van der Waals surface area contributed by atoms with Crippen LogP contribution in [-0.2, 0) is 0 Å². The lowest BCUT2D eigenvalue weighted by Crippen LogP contribution is -2.49. The molecule has 1 fully saturated rings. The SMILES string of the molecule is O=C(c1csc(-c2ccc(F)cc2)n1)N1CCN(c2ncnc3sccc23)CC1. The van der Waals surface area contributed by atoms with Gasteiger partial charge in [-0.25, -0.2) is 19.3 Å². The van der Waals surface area contributed by atoms with Crippen LogP contribution in [0.4, 0.5) is 10.2 Å². The second kappa shape index (κ2) is 7.49. The maximum Gasteiger partial charge on any atom is 0.273 e. The zero-order valence-corrected chi connectivity index (χ0v) is 16.9. The number of nitrogens with zero attached hydrogens (tertiary/aromatic N) is 5. The van der Waals surface area contributed by atoms with Crippen LogP contribution >= 0.6 is 22.7 Å². The summed E-state index contributed by atoms with van der Waals surface area (Å²) in [6.45, 7) is 2.64. The zero-order valence-electron chi connectivity index (χ0n) is 15.3. The highest BCUT2D eigenvalue weighted by molar-refractivity contribution is 7.16. The Bertz CT molecular complexity index is 1170. The van der Waals surface area contributed by atoms with Gasteiger partial charge in [-0.3, -0.25) is 4.79 Å². The van der Waals surface area contributed by atoms with Crippen molar-refractivity contribution in [3.8, 4) is 10.6 Å². The molecule has 0 N–H and O–H groups in total. The van der Waals surface area contributed by atoms with Crippen LogP contribution in [0.15, 0.2) is 47.4 Å². The number of carbonyl (C=O) groups is 1. The van der Waals surface area contributed by atoms with Crippen LogP contribution in [0, 0.1) is 5.82 Å². The van der Waals surface area contributed by atoms with E-state index in [1.807, 2.05) is 16.3 Å². The van der Waals surface area contributed by atoms with Gasteiger partial charge in [0.1, 0.15) is 33.5 Å². The summed E-state index contributed by atoms with van der Waals surface area (Å²) in [4.78, 5) is 31.1. The van der Waals surface area contributed by atoms with E-state index >= 15 is 0 Å². The Kier molecular flexibility index (Phi) is 4.69. The van der Waals surface area contributed by atoms with Gasteiger partial charge >= 0.3 is 0 Å². The van der Waals surface area contributed by atoms with Crippen molar-refractivity contribution in [2.45, 2.75) is 0 Å². The third-order valence-corrected chi connectivity index (χ3v) is 6.63. The first kappa shape index (κ1) is 18.1. The monoisotopic (exact) mass is 425 g/mol. The van der Waals surface area contributed by atoms with Crippen LogP contribution < -0.4 is 4.90 Å². The molecule has 146 valence electrons. The van der Waals surface area contributed by atoms with E-state index in [9.17, 15) is 9.18 Å². The van der Waals surface area contributed by atoms with E-state index in [0.717, 1.165) is 21.6 Å². The molecule has 0 unspecified atom stereocenters. The number of carbonyl (C=O) groups excluding carboxylic acids is 1. The molecule has 0 saturated carbocycles. The Hall–Kier alpha value is -2.91. The topological polar surface area (TPSA) is 62.2 Å². The summed E-state index contributed by atoms with van der Waals surface area (Å²) >= 11 is 2.99. The van der Waals surface area contributed by atoms with Crippen LogP contribution in [0.5, 0.6) is 0 Å². The number of benzene rings is 1. The summed E-state index contributed by atoms with van der Waals surface area (Å²) in [7, 11) is 0. The van der Waals surface area contributed by atoms with Crippen LogP contribution in [0.3, 0.4) is 0 Å². The number of thiazole rings is 1. The van der Waals surface area contributed by atoms with Crippen molar-refractivity contribution in [1.29, 1.82) is 0 Å². The first-order valence-electron chi connectivity index (χ1n) is 9.13. The summed E-state index contributed by atoms with van der Waals surface area (Å²) < 4.78 is 13.1. The number of rotatable bonds is 3. The molecule has 1 aromatic carbocycles. The van der Waals surface area contributed by atoms with Gasteiger partial charge in [0.2, 0.25) is 0 Å². The smallest absolute Gasteiger partial charge is 0.273 e. The van der Waals surface area contributed by atoms with E-state index in [-0.39, 0.29) is 11.7 Å². The number of piperazine rings is 1. The molecule has 0 radical (unpaired) electrons. The Labute approximate surface area is 174 Å². The lowest BCUT2D eigenvalue weighted by atomic mass is 10.2. The summed E-state index contributed by atoms with van der Waals surface area (Å²) in [5.74, 6) is 0.566. The summed E-state index contributed by atoms with van der Waals surface area (Å²) in [6.07, 6.45) is 1.60. The molecule has 1 saturated heterocycles. The van der Waals surface area contributed by atoms with E-state index in [2.05, 4.69) is 19.9 Å². The molecule has 5 rings (SSSR count). The summed E-state index contributed by atoms with van der Waals surface area (Å²) in [5, 5.41) is 5.56. The first-order chi connectivity index (χ1) is 14.2. The molecule has 0 bridgehead atoms. The van der Waals surface area contributed by atoms with Crippen molar-refractivity contribution in [2.75, 3.05) is 31.1 Å². The second-order valence-electron chi connectivity index (χ2n) is 6.66. The Morgan fingerprint density at radius 2 is 1.79 bits per heavy atom. The van der Waals surface area contributed by atoms with E-state index in [1.165, 1.54) is 23.5 Å². The number of anilines is 1. The predicted octanol–water partition coefficient (Wildman–Crippen LogP) is 3.92. The highest BCUT2D eigenvalue weighted by Gasteiger charge is 2.25. The highest BCUT2D eigenvalue weighted by Crippen LogP contribution is 2.28. The molecule has 1 aliphatic rings. The molecule has 0 atom stereocenters. The molecule has 3 aromatic heterocycles. The largest absolute Gasteiger partial charge is 0.352 e. The Morgan fingerprint density at radius 1 is 1.00 bits per heavy atom. The second-order valence-corrected chi connectivity index (χ2v) is 8.41. The van der Waals surface area contributed by atoms with E-state index in [1.54, 1.807) is 35.2 Å². The fraction of sp³-hybridized carbons (Fsp3) is 0.200. The third kappa shape index (κ3) is 3.47. The number of thiophene rings is 1. The molecule has 0 spiro atoms. The van der Waals surface area contributed by atoms with E-state index < -0.39 is 0 Å². The van der Waals surface area contributed by atoms with Crippen molar-refractivity contribution in [3.05, 3.63) is 58.9 Å². The van der Waals surface area contributed by atoms with Crippen LogP contribution in [0.25, 0.3) is 20.8 Å². The van der Waals surface area contributed by atoms with Crippen LogP contribution in [-0.4, -0.2) is 51.9 Å². The summed E-state index contributed by atoms with van der Waals surface area (Å²) in [6, 6.07) is 8.19. The average Bonchev–Trinajstić information content (AvgIpc) is 3.43. The normalized spacial score (nSPS) is 14.5. The van der Waals surface area contributed by atoms with Crippen LogP contribution in [0.2, 0.25) is 0 Å². The number of hydrogen-bond donors (Lipinski definition) is 0. The van der Waals surface area contributed by atoms with Gasteiger partial charge in [0, 0.05) is 37.1 Å². The summed E-state index contributed by atoms with van der Waals surface area (Å²) in [5.41, 5.74) is 1.24. The van der Waals surface area contributed by atoms with E-state index in [4.69, 9.17) is 0 Å². The van der Waals surface area contributed by atoms with Gasteiger partial charge in [-0.05, 0) is 35.7 Å². The zero-order chi connectivity index (χ0) is 19.8. The lowest BCUT2D eigenvalue weighted by Gasteiger charge is -2.35. The molecule has 6 nitrogen and oxygen atoms in total. The molecular weight excluding hydrogens is 409 g/mol. The van der Waals surface area contributed by atoms with Gasteiger partial charge in [0.25, 0.3) is 5.91 Å². The fourth-order valence-corrected chi connectivity index (χ4v) is 4.94. The lowest BCUT2D eigenvalue weighted by molar-refractivity contribution is 0.0741. The predicted molar refractivity (Wildman–Crippen MR) is 113 cm³/mol. The molecule has 9 heteroatoms. The van der Waals surface area contributed by atoms with Crippen molar-refractivity contribution in [1.82, 2.24) is 19.9 Å². The Morgan fingerprint density at radius 3 is 2.59 bits per heavy atom.